The predicted molar refractivity (Wildman–Crippen MR) is 97.9 cm³/mol. The molecule has 0 bridgehead atoms. The van der Waals surface area contributed by atoms with Crippen molar-refractivity contribution in [3.05, 3.63) is 23.8 Å². The van der Waals surface area contributed by atoms with E-state index < -0.39 is 0 Å². The summed E-state index contributed by atoms with van der Waals surface area (Å²) in [6.07, 6.45) is 0. The third-order valence-electron chi connectivity index (χ3n) is 4.76. The molecule has 2 saturated heterocycles. The van der Waals surface area contributed by atoms with Crippen molar-refractivity contribution in [3.63, 3.8) is 0 Å². The quantitative estimate of drug-likeness (QED) is 0.828. The van der Waals surface area contributed by atoms with Gasteiger partial charge in [0.15, 0.2) is 11.5 Å². The highest BCUT2D eigenvalue weighted by molar-refractivity contribution is 8.03. The van der Waals surface area contributed by atoms with Crippen LogP contribution in [0.4, 0.5) is 0 Å². The Bertz CT molecular complexity index is 527. The van der Waals surface area contributed by atoms with Crippen LogP contribution in [0.15, 0.2) is 18.2 Å². The molecule has 6 heteroatoms. The van der Waals surface area contributed by atoms with E-state index >= 15 is 0 Å². The highest BCUT2D eigenvalue weighted by atomic mass is 32.2. The smallest absolute Gasteiger partial charge is 0.231 e. The van der Waals surface area contributed by atoms with Gasteiger partial charge in [-0.2, -0.15) is 23.5 Å². The number of hydrogen-bond donors (Lipinski definition) is 0. The average molecular weight is 353 g/mol. The molecule has 126 valence electrons. The number of fused-ring (bicyclic) bond motifs is 1. The van der Waals surface area contributed by atoms with Gasteiger partial charge >= 0.3 is 0 Å². The SMILES string of the molecule is c1cc2c(cc1CN1CCN(C3CSCCSC3)CC1)OCO2. The van der Waals surface area contributed by atoms with E-state index in [9.17, 15) is 0 Å². The molecule has 0 amide bonds. The molecule has 0 radical (unpaired) electrons. The zero-order valence-electron chi connectivity index (χ0n) is 13.4. The first kappa shape index (κ1) is 15.9. The molecule has 0 aromatic heterocycles. The standard InChI is InChI=1S/C17H24N2O2S2/c1-2-16-17(21-13-20-16)9-14(1)10-18-3-5-19(6-4-18)15-11-22-7-8-23-12-15/h1-2,9,15H,3-8,10-13H2. The Kier molecular flexibility index (Phi) is 5.23. The van der Waals surface area contributed by atoms with Crippen LogP contribution in [0.3, 0.4) is 0 Å². The van der Waals surface area contributed by atoms with E-state index in [1.165, 1.54) is 54.8 Å². The summed E-state index contributed by atoms with van der Waals surface area (Å²) in [5.74, 6) is 7.05. The summed E-state index contributed by atoms with van der Waals surface area (Å²) < 4.78 is 10.9. The second-order valence-electron chi connectivity index (χ2n) is 6.30. The summed E-state index contributed by atoms with van der Waals surface area (Å²) in [5, 5.41) is 0. The summed E-state index contributed by atoms with van der Waals surface area (Å²) in [6, 6.07) is 7.11. The Morgan fingerprint density at radius 1 is 0.957 bits per heavy atom. The number of thioether (sulfide) groups is 2. The van der Waals surface area contributed by atoms with E-state index in [1.807, 2.05) is 6.07 Å². The fourth-order valence-corrected chi connectivity index (χ4v) is 6.03. The van der Waals surface area contributed by atoms with E-state index in [4.69, 9.17) is 9.47 Å². The topological polar surface area (TPSA) is 24.9 Å². The van der Waals surface area contributed by atoms with Crippen molar-refractivity contribution in [3.8, 4) is 11.5 Å². The lowest BCUT2D eigenvalue weighted by Crippen LogP contribution is -2.51. The van der Waals surface area contributed by atoms with Crippen LogP contribution >= 0.6 is 23.5 Å². The van der Waals surface area contributed by atoms with Gasteiger partial charge in [0.1, 0.15) is 0 Å². The van der Waals surface area contributed by atoms with Gasteiger partial charge in [0.05, 0.1) is 0 Å². The summed E-state index contributed by atoms with van der Waals surface area (Å²) >= 11 is 4.26. The second-order valence-corrected chi connectivity index (χ2v) is 8.60. The fraction of sp³-hybridized carbons (Fsp3) is 0.647. The molecule has 1 aromatic rings. The van der Waals surface area contributed by atoms with Crippen molar-refractivity contribution >= 4 is 23.5 Å². The summed E-state index contributed by atoms with van der Waals surface area (Å²) in [5.41, 5.74) is 1.32. The number of rotatable bonds is 3. The van der Waals surface area contributed by atoms with Gasteiger partial charge in [-0.05, 0) is 17.7 Å². The minimum absolute atomic E-state index is 0.356. The van der Waals surface area contributed by atoms with Gasteiger partial charge in [0.2, 0.25) is 6.79 Å². The van der Waals surface area contributed by atoms with Crippen molar-refractivity contribution in [1.82, 2.24) is 9.80 Å². The molecule has 4 rings (SSSR count). The van der Waals surface area contributed by atoms with Crippen molar-refractivity contribution in [2.45, 2.75) is 12.6 Å². The lowest BCUT2D eigenvalue weighted by Gasteiger charge is -2.38. The largest absolute Gasteiger partial charge is 0.454 e. The van der Waals surface area contributed by atoms with E-state index in [0.717, 1.165) is 24.1 Å². The molecule has 4 nitrogen and oxygen atoms in total. The Labute approximate surface area is 146 Å². The molecule has 23 heavy (non-hydrogen) atoms. The van der Waals surface area contributed by atoms with E-state index in [0.29, 0.717) is 6.79 Å². The third kappa shape index (κ3) is 3.92. The molecule has 0 N–H and O–H groups in total. The molecule has 0 unspecified atom stereocenters. The molecule has 2 fully saturated rings. The van der Waals surface area contributed by atoms with Crippen LogP contribution in [-0.2, 0) is 6.54 Å². The third-order valence-corrected chi connectivity index (χ3v) is 7.24. The van der Waals surface area contributed by atoms with Crippen LogP contribution in [0.1, 0.15) is 5.56 Å². The molecular weight excluding hydrogens is 328 g/mol. The second kappa shape index (κ2) is 7.55. The maximum atomic E-state index is 5.48. The molecule has 0 aliphatic carbocycles. The maximum Gasteiger partial charge on any atom is 0.231 e. The first-order valence-corrected chi connectivity index (χ1v) is 10.7. The molecule has 0 saturated carbocycles. The normalized spacial score (nSPS) is 23.8. The lowest BCUT2D eigenvalue weighted by atomic mass is 10.1. The monoisotopic (exact) mass is 352 g/mol. The van der Waals surface area contributed by atoms with E-state index in [2.05, 4.69) is 45.5 Å². The minimum atomic E-state index is 0.356. The number of piperazine rings is 1. The first-order chi connectivity index (χ1) is 11.4. The van der Waals surface area contributed by atoms with E-state index in [-0.39, 0.29) is 0 Å². The van der Waals surface area contributed by atoms with Gasteiger partial charge in [-0.25, -0.2) is 0 Å². The van der Waals surface area contributed by atoms with Crippen LogP contribution in [0.2, 0.25) is 0 Å². The Hall–Kier alpha value is -0.560. The predicted octanol–water partition coefficient (Wildman–Crippen LogP) is 2.38. The fourth-order valence-electron chi connectivity index (χ4n) is 3.40. The first-order valence-electron chi connectivity index (χ1n) is 8.39. The van der Waals surface area contributed by atoms with Crippen LogP contribution in [0.25, 0.3) is 0 Å². The van der Waals surface area contributed by atoms with Gasteiger partial charge in [-0.1, -0.05) is 6.07 Å². The van der Waals surface area contributed by atoms with Gasteiger partial charge in [0.25, 0.3) is 0 Å². The Morgan fingerprint density at radius 2 is 1.70 bits per heavy atom. The van der Waals surface area contributed by atoms with Gasteiger partial charge < -0.3 is 9.47 Å². The van der Waals surface area contributed by atoms with Crippen molar-refractivity contribution in [2.24, 2.45) is 0 Å². The number of hydrogen-bond acceptors (Lipinski definition) is 6. The van der Waals surface area contributed by atoms with Gasteiger partial charge in [-0.15, -0.1) is 0 Å². The lowest BCUT2D eigenvalue weighted by molar-refractivity contribution is 0.107. The highest BCUT2D eigenvalue weighted by Crippen LogP contribution is 2.33. The van der Waals surface area contributed by atoms with Crippen LogP contribution in [0, 0.1) is 0 Å². The Morgan fingerprint density at radius 3 is 2.48 bits per heavy atom. The van der Waals surface area contributed by atoms with Gasteiger partial charge in [-0.3, -0.25) is 9.80 Å². The van der Waals surface area contributed by atoms with Gasteiger partial charge in [0, 0.05) is 61.8 Å². The zero-order chi connectivity index (χ0) is 15.5. The minimum Gasteiger partial charge on any atom is -0.454 e. The molecule has 0 atom stereocenters. The molecule has 3 aliphatic heterocycles. The van der Waals surface area contributed by atoms with Crippen LogP contribution in [-0.4, -0.2) is 71.8 Å². The zero-order valence-corrected chi connectivity index (χ0v) is 15.0. The van der Waals surface area contributed by atoms with Crippen LogP contribution in [0.5, 0.6) is 11.5 Å². The number of ether oxygens (including phenoxy) is 2. The summed E-state index contributed by atoms with van der Waals surface area (Å²) in [4.78, 5) is 5.27. The van der Waals surface area contributed by atoms with E-state index in [1.54, 1.807) is 0 Å². The highest BCUT2D eigenvalue weighted by Gasteiger charge is 2.25. The summed E-state index contributed by atoms with van der Waals surface area (Å²) in [6.45, 7) is 6.11. The molecular formula is C17H24N2O2S2. The van der Waals surface area contributed by atoms with Crippen molar-refractivity contribution < 1.29 is 9.47 Å². The van der Waals surface area contributed by atoms with Crippen molar-refractivity contribution in [2.75, 3.05) is 56.0 Å². The number of nitrogens with zero attached hydrogens (tertiary/aromatic N) is 2. The van der Waals surface area contributed by atoms with Crippen LogP contribution < -0.4 is 9.47 Å². The maximum absolute atomic E-state index is 5.48. The molecule has 0 spiro atoms. The number of benzene rings is 1. The molecule has 1 aromatic carbocycles. The molecule has 3 heterocycles. The molecule has 3 aliphatic rings. The Balaban J connectivity index is 1.29. The summed E-state index contributed by atoms with van der Waals surface area (Å²) in [7, 11) is 0. The van der Waals surface area contributed by atoms with Crippen molar-refractivity contribution in [1.29, 1.82) is 0 Å². The average Bonchev–Trinajstić information content (AvgIpc) is 2.88.